The zero-order valence-corrected chi connectivity index (χ0v) is 24.0. The van der Waals surface area contributed by atoms with Crippen molar-refractivity contribution in [1.82, 2.24) is 0 Å². The first-order chi connectivity index (χ1) is 19.1. The zero-order valence-electron chi connectivity index (χ0n) is 24.0. The van der Waals surface area contributed by atoms with Gasteiger partial charge in [0.25, 0.3) is 0 Å². The number of hydrogen-bond donors (Lipinski definition) is 0. The molecule has 40 heavy (non-hydrogen) atoms. The van der Waals surface area contributed by atoms with Gasteiger partial charge in [-0.15, -0.1) is 0 Å². The lowest BCUT2D eigenvalue weighted by molar-refractivity contribution is -0.143. The lowest BCUT2D eigenvalue weighted by Crippen LogP contribution is -2.13. The number of hydrogen-bond acceptors (Lipinski definition) is 5. The van der Waals surface area contributed by atoms with Crippen LogP contribution in [0.15, 0.2) is 60.7 Å². The molecule has 0 aromatic heterocycles. The van der Waals surface area contributed by atoms with Gasteiger partial charge in [-0.25, -0.2) is 4.39 Å². The van der Waals surface area contributed by atoms with Crippen molar-refractivity contribution in [3.05, 3.63) is 83.2 Å². The van der Waals surface area contributed by atoms with Gasteiger partial charge in [0.05, 0.1) is 32.1 Å². The van der Waals surface area contributed by atoms with Gasteiger partial charge in [-0.05, 0) is 89.6 Å². The molecular formula is C34H38FNO4. The maximum absolute atomic E-state index is 14.9. The van der Waals surface area contributed by atoms with E-state index in [1.165, 1.54) is 6.07 Å². The highest BCUT2D eigenvalue weighted by Gasteiger charge is 2.44. The molecule has 3 aromatic rings. The largest absolute Gasteiger partial charge is 0.497 e. The molecule has 3 aromatic carbocycles. The van der Waals surface area contributed by atoms with E-state index in [1.54, 1.807) is 26.2 Å². The Balaban J connectivity index is 1.56. The SMILES string of the molecule is CCOC(=O)CC(c1cccc(COc2ccc(-c3cc(OC)ccc3F)c(CC(C)(C)C)c2)c1)C1CC1C#N. The van der Waals surface area contributed by atoms with Crippen molar-refractivity contribution in [1.29, 1.82) is 5.26 Å². The maximum Gasteiger partial charge on any atom is 0.306 e. The molecule has 5 nitrogen and oxygen atoms in total. The minimum absolute atomic E-state index is 0.0188. The second-order valence-electron chi connectivity index (χ2n) is 11.7. The van der Waals surface area contributed by atoms with Gasteiger partial charge in [0, 0.05) is 5.56 Å². The maximum atomic E-state index is 14.9. The van der Waals surface area contributed by atoms with E-state index in [9.17, 15) is 14.4 Å². The minimum Gasteiger partial charge on any atom is -0.497 e. The van der Waals surface area contributed by atoms with Crippen LogP contribution >= 0.6 is 0 Å². The second-order valence-corrected chi connectivity index (χ2v) is 11.7. The molecule has 0 N–H and O–H groups in total. The third-order valence-corrected chi connectivity index (χ3v) is 7.26. The summed E-state index contributed by atoms with van der Waals surface area (Å²) < 4.78 is 31.6. The number of nitriles is 1. The molecule has 1 aliphatic carbocycles. The second kappa shape index (κ2) is 12.6. The van der Waals surface area contributed by atoms with Crippen LogP contribution in [0, 0.1) is 34.4 Å². The van der Waals surface area contributed by atoms with E-state index in [0.29, 0.717) is 30.3 Å². The molecule has 210 valence electrons. The molecule has 1 saturated carbocycles. The summed E-state index contributed by atoms with van der Waals surface area (Å²) in [5.74, 6) is 0.853. The number of ether oxygens (including phenoxy) is 3. The molecule has 3 unspecified atom stereocenters. The van der Waals surface area contributed by atoms with E-state index in [2.05, 4.69) is 32.9 Å². The van der Waals surface area contributed by atoms with Crippen LogP contribution in [0.1, 0.15) is 63.1 Å². The number of carbonyl (C=O) groups is 1. The van der Waals surface area contributed by atoms with Gasteiger partial charge in [0.1, 0.15) is 23.9 Å². The average Bonchev–Trinajstić information content (AvgIpc) is 3.70. The quantitative estimate of drug-likeness (QED) is 0.230. The zero-order chi connectivity index (χ0) is 28.9. The van der Waals surface area contributed by atoms with Crippen molar-refractivity contribution in [2.24, 2.45) is 17.3 Å². The Morgan fingerprint density at radius 1 is 1.07 bits per heavy atom. The number of esters is 1. The third-order valence-electron chi connectivity index (χ3n) is 7.26. The number of nitrogens with zero attached hydrogens (tertiary/aromatic N) is 1. The van der Waals surface area contributed by atoms with Gasteiger partial charge in [0.15, 0.2) is 0 Å². The number of halogens is 1. The molecule has 0 saturated heterocycles. The molecule has 1 aliphatic rings. The standard InChI is InChI=1S/C34H38FNO4/c1-6-39-33(37)18-30(29-16-25(29)20-36)23-9-7-8-22(14-23)21-40-27-10-12-28(24(15-27)19-34(2,3)4)31-17-26(38-5)11-13-32(31)35/h7-15,17,25,29-30H,6,16,18-19,21H2,1-5H3. The molecule has 1 fully saturated rings. The molecule has 0 aliphatic heterocycles. The van der Waals surface area contributed by atoms with Crippen LogP contribution in [-0.2, 0) is 22.6 Å². The predicted molar refractivity (Wildman–Crippen MR) is 154 cm³/mol. The summed E-state index contributed by atoms with van der Waals surface area (Å²) in [6.45, 7) is 8.94. The summed E-state index contributed by atoms with van der Waals surface area (Å²) >= 11 is 0. The first-order valence-corrected chi connectivity index (χ1v) is 13.9. The fourth-order valence-corrected chi connectivity index (χ4v) is 5.28. The number of methoxy groups -OCH3 is 1. The molecule has 0 bridgehead atoms. The molecular weight excluding hydrogens is 505 g/mol. The summed E-state index contributed by atoms with van der Waals surface area (Å²) in [4.78, 5) is 12.3. The molecule has 0 radical (unpaired) electrons. The van der Waals surface area contributed by atoms with Crippen LogP contribution in [0.2, 0.25) is 0 Å². The van der Waals surface area contributed by atoms with E-state index in [1.807, 2.05) is 36.4 Å². The van der Waals surface area contributed by atoms with Crippen LogP contribution in [0.25, 0.3) is 11.1 Å². The molecule has 6 heteroatoms. The normalized spacial score (nSPS) is 17.0. The molecule has 0 heterocycles. The van der Waals surface area contributed by atoms with Crippen molar-refractivity contribution in [2.45, 2.75) is 59.5 Å². The third kappa shape index (κ3) is 7.41. The number of carbonyl (C=O) groups excluding carboxylic acids is 1. The summed E-state index contributed by atoms with van der Waals surface area (Å²) in [6, 6.07) is 20.9. The summed E-state index contributed by atoms with van der Waals surface area (Å²) in [6.07, 6.45) is 1.81. The van der Waals surface area contributed by atoms with E-state index in [-0.39, 0.29) is 41.4 Å². The van der Waals surface area contributed by atoms with Gasteiger partial charge in [0.2, 0.25) is 0 Å². The molecule has 0 spiro atoms. The van der Waals surface area contributed by atoms with Crippen molar-refractivity contribution in [2.75, 3.05) is 13.7 Å². The average molecular weight is 544 g/mol. The Morgan fingerprint density at radius 3 is 2.52 bits per heavy atom. The van der Waals surface area contributed by atoms with E-state index < -0.39 is 0 Å². The summed E-state index contributed by atoms with van der Waals surface area (Å²) in [7, 11) is 1.57. The Labute approximate surface area is 236 Å². The number of rotatable bonds is 11. The van der Waals surface area contributed by atoms with E-state index in [0.717, 1.165) is 35.1 Å². The monoisotopic (exact) mass is 543 g/mol. The van der Waals surface area contributed by atoms with Crippen molar-refractivity contribution < 1.29 is 23.4 Å². The van der Waals surface area contributed by atoms with Crippen LogP contribution in [0.5, 0.6) is 11.5 Å². The van der Waals surface area contributed by atoms with Gasteiger partial charge in [-0.3, -0.25) is 4.79 Å². The Morgan fingerprint density at radius 2 is 1.85 bits per heavy atom. The van der Waals surface area contributed by atoms with Crippen molar-refractivity contribution in [3.63, 3.8) is 0 Å². The van der Waals surface area contributed by atoms with E-state index >= 15 is 0 Å². The van der Waals surface area contributed by atoms with Crippen LogP contribution in [0.3, 0.4) is 0 Å². The minimum atomic E-state index is -0.298. The van der Waals surface area contributed by atoms with Gasteiger partial charge < -0.3 is 14.2 Å². The van der Waals surface area contributed by atoms with Crippen molar-refractivity contribution >= 4 is 5.97 Å². The fraction of sp³-hybridized carbons (Fsp3) is 0.412. The molecule has 3 atom stereocenters. The molecule has 0 amide bonds. The van der Waals surface area contributed by atoms with Crippen LogP contribution < -0.4 is 9.47 Å². The Bertz CT molecular complexity index is 1390. The highest BCUT2D eigenvalue weighted by atomic mass is 19.1. The Hall–Kier alpha value is -3.85. The highest BCUT2D eigenvalue weighted by Crippen LogP contribution is 2.50. The highest BCUT2D eigenvalue weighted by molar-refractivity contribution is 5.71. The summed E-state index contributed by atoms with van der Waals surface area (Å²) in [5.41, 5.74) is 4.29. The fourth-order valence-electron chi connectivity index (χ4n) is 5.28. The van der Waals surface area contributed by atoms with Gasteiger partial charge in [-0.2, -0.15) is 5.26 Å². The topological polar surface area (TPSA) is 68.6 Å². The first kappa shape index (κ1) is 29.1. The number of benzene rings is 3. The summed E-state index contributed by atoms with van der Waals surface area (Å²) in [5, 5.41) is 9.39. The van der Waals surface area contributed by atoms with Gasteiger partial charge >= 0.3 is 5.97 Å². The van der Waals surface area contributed by atoms with Crippen LogP contribution in [0.4, 0.5) is 4.39 Å². The lowest BCUT2D eigenvalue weighted by atomic mass is 9.84. The molecule has 4 rings (SSSR count). The smallest absolute Gasteiger partial charge is 0.306 e. The Kier molecular flexibility index (Phi) is 9.14. The van der Waals surface area contributed by atoms with Crippen LogP contribution in [-0.4, -0.2) is 19.7 Å². The van der Waals surface area contributed by atoms with Gasteiger partial charge in [-0.1, -0.05) is 51.1 Å². The predicted octanol–water partition coefficient (Wildman–Crippen LogP) is 7.87. The lowest BCUT2D eigenvalue weighted by Gasteiger charge is -2.22. The van der Waals surface area contributed by atoms with Crippen molar-refractivity contribution in [3.8, 4) is 28.7 Å². The van der Waals surface area contributed by atoms with E-state index in [4.69, 9.17) is 14.2 Å². The first-order valence-electron chi connectivity index (χ1n) is 13.9.